The summed E-state index contributed by atoms with van der Waals surface area (Å²) in [7, 11) is 0. The van der Waals surface area contributed by atoms with Crippen molar-refractivity contribution in [2.45, 2.75) is 25.1 Å². The number of benzene rings is 2. The maximum Gasteiger partial charge on any atom is 0.416 e. The zero-order valence-electron chi connectivity index (χ0n) is 15.1. The van der Waals surface area contributed by atoms with Gasteiger partial charge in [0.15, 0.2) is 0 Å². The molecule has 0 bridgehead atoms. The highest BCUT2D eigenvalue weighted by Gasteiger charge is 2.36. The van der Waals surface area contributed by atoms with Crippen LogP contribution in [0, 0.1) is 11.3 Å². The van der Waals surface area contributed by atoms with Gasteiger partial charge >= 0.3 is 6.18 Å². The van der Waals surface area contributed by atoms with Crippen molar-refractivity contribution < 1.29 is 13.2 Å². The summed E-state index contributed by atoms with van der Waals surface area (Å²) in [6.07, 6.45) is -4.60. The average Bonchev–Trinajstić information content (AvgIpc) is 3.09. The topological polar surface area (TPSA) is 80.5 Å². The second kappa shape index (κ2) is 7.96. The van der Waals surface area contributed by atoms with Gasteiger partial charge < -0.3 is 5.73 Å². The first-order chi connectivity index (χ1) is 13.9. The lowest BCUT2D eigenvalue weighted by atomic mass is 9.80. The molecular weight excluding hydrogens is 526 g/mol. The number of aromatic nitrogens is 3. The van der Waals surface area contributed by atoms with Crippen LogP contribution in [0.3, 0.4) is 0 Å². The van der Waals surface area contributed by atoms with E-state index in [-0.39, 0.29) is 27.7 Å². The number of thiocarbonyl (C=S) groups is 1. The molecule has 0 saturated carbocycles. The normalized spacial score (nSPS) is 13.8. The van der Waals surface area contributed by atoms with E-state index in [2.05, 4.69) is 26.1 Å². The van der Waals surface area contributed by atoms with E-state index in [1.54, 1.807) is 0 Å². The lowest BCUT2D eigenvalue weighted by molar-refractivity contribution is -0.137. The standard InChI is InChI=1S/C18H11BrCl2F3N5S/c1-17(6-25,10-4-8(18(22,23)24)2-3-9(10)16(26)30)7-29-27-14-12(21)5-11(20)13(19)15(14)28-29/h2-5H,7H2,1H3,(H2,26,30). The second-order valence-electron chi connectivity index (χ2n) is 6.65. The SMILES string of the molecule is CC(C#N)(Cn1nc2c(Cl)cc(Cl)c(Br)c2n1)c1cc(C(F)(F)F)ccc1C(N)=S. The van der Waals surface area contributed by atoms with E-state index in [1.165, 1.54) is 17.8 Å². The fourth-order valence-corrected chi connectivity index (χ4v) is 3.99. The van der Waals surface area contributed by atoms with Gasteiger partial charge in [-0.3, -0.25) is 0 Å². The first-order valence-electron chi connectivity index (χ1n) is 8.18. The van der Waals surface area contributed by atoms with E-state index in [4.69, 9.17) is 41.2 Å². The largest absolute Gasteiger partial charge is 0.416 e. The molecule has 156 valence electrons. The Balaban J connectivity index is 2.16. The maximum atomic E-state index is 13.3. The number of hydrogen-bond donors (Lipinski definition) is 1. The molecule has 30 heavy (non-hydrogen) atoms. The maximum absolute atomic E-state index is 13.3. The highest BCUT2D eigenvalue weighted by molar-refractivity contribution is 9.10. The Morgan fingerprint density at radius 2 is 1.87 bits per heavy atom. The molecule has 0 aliphatic rings. The molecule has 3 rings (SSSR count). The Bertz CT molecular complexity index is 1220. The van der Waals surface area contributed by atoms with Gasteiger partial charge in [-0.05, 0) is 46.6 Å². The molecule has 0 radical (unpaired) electrons. The number of nitrogens with two attached hydrogens (primary N) is 1. The summed E-state index contributed by atoms with van der Waals surface area (Å²) in [6.45, 7) is 1.28. The molecule has 1 atom stereocenters. The first kappa shape index (κ1) is 22.7. The van der Waals surface area contributed by atoms with Gasteiger partial charge in [0.05, 0.1) is 32.7 Å². The molecule has 0 fully saturated rings. The Morgan fingerprint density at radius 1 is 1.23 bits per heavy atom. The molecule has 3 aromatic rings. The molecule has 12 heteroatoms. The van der Waals surface area contributed by atoms with Crippen LogP contribution in [0.1, 0.15) is 23.6 Å². The number of fused-ring (bicyclic) bond motifs is 1. The quantitative estimate of drug-likeness (QED) is 0.345. The summed E-state index contributed by atoms with van der Waals surface area (Å²) in [6, 6.07) is 6.44. The number of rotatable bonds is 4. The van der Waals surface area contributed by atoms with E-state index < -0.39 is 17.2 Å². The van der Waals surface area contributed by atoms with Crippen LogP contribution in [0.25, 0.3) is 11.0 Å². The van der Waals surface area contributed by atoms with E-state index in [9.17, 15) is 18.4 Å². The molecule has 0 amide bonds. The summed E-state index contributed by atoms with van der Waals surface area (Å²) in [5.74, 6) is 0. The van der Waals surface area contributed by atoms with Gasteiger partial charge in [-0.1, -0.05) is 41.5 Å². The highest BCUT2D eigenvalue weighted by atomic mass is 79.9. The summed E-state index contributed by atoms with van der Waals surface area (Å²) >= 11 is 20.5. The van der Waals surface area contributed by atoms with Crippen molar-refractivity contribution in [1.29, 1.82) is 5.26 Å². The highest BCUT2D eigenvalue weighted by Crippen LogP contribution is 2.37. The van der Waals surface area contributed by atoms with E-state index >= 15 is 0 Å². The Hall–Kier alpha value is -1.93. The Kier molecular flexibility index (Phi) is 6.04. The minimum absolute atomic E-state index is 0.0249. The summed E-state index contributed by atoms with van der Waals surface area (Å²) < 4.78 is 40.3. The molecule has 2 N–H and O–H groups in total. The molecule has 0 saturated heterocycles. The Morgan fingerprint density at radius 3 is 2.43 bits per heavy atom. The van der Waals surface area contributed by atoms with Crippen molar-refractivity contribution in [3.63, 3.8) is 0 Å². The minimum Gasteiger partial charge on any atom is -0.389 e. The van der Waals surface area contributed by atoms with Crippen LogP contribution < -0.4 is 5.73 Å². The number of nitriles is 1. The molecule has 0 aliphatic carbocycles. The van der Waals surface area contributed by atoms with Gasteiger partial charge in [0.25, 0.3) is 0 Å². The smallest absolute Gasteiger partial charge is 0.389 e. The van der Waals surface area contributed by atoms with Gasteiger partial charge in [0.2, 0.25) is 0 Å². The van der Waals surface area contributed by atoms with Gasteiger partial charge in [0, 0.05) is 5.56 Å². The minimum atomic E-state index is -4.60. The van der Waals surface area contributed by atoms with Gasteiger partial charge in [-0.2, -0.15) is 33.4 Å². The van der Waals surface area contributed by atoms with Crippen molar-refractivity contribution in [1.82, 2.24) is 15.0 Å². The molecular formula is C18H11BrCl2F3N5S. The van der Waals surface area contributed by atoms with Crippen LogP contribution in [-0.2, 0) is 18.1 Å². The van der Waals surface area contributed by atoms with E-state index in [1.807, 2.05) is 6.07 Å². The second-order valence-corrected chi connectivity index (χ2v) is 8.70. The monoisotopic (exact) mass is 535 g/mol. The molecule has 2 aromatic carbocycles. The summed E-state index contributed by atoms with van der Waals surface area (Å²) in [5, 5.41) is 19.0. The van der Waals surface area contributed by atoms with Crippen molar-refractivity contribution in [2.75, 3.05) is 0 Å². The van der Waals surface area contributed by atoms with Gasteiger partial charge in [0.1, 0.15) is 21.4 Å². The van der Waals surface area contributed by atoms with E-state index in [0.717, 1.165) is 18.2 Å². The third kappa shape index (κ3) is 4.12. The zero-order valence-corrected chi connectivity index (χ0v) is 19.0. The van der Waals surface area contributed by atoms with Gasteiger partial charge in [-0.15, -0.1) is 0 Å². The molecule has 1 aromatic heterocycles. The van der Waals surface area contributed by atoms with Crippen molar-refractivity contribution in [2.24, 2.45) is 5.73 Å². The number of nitrogens with zero attached hydrogens (tertiary/aromatic N) is 4. The average molecular weight is 537 g/mol. The number of halogens is 6. The molecule has 0 aliphatic heterocycles. The Labute approximate surface area is 192 Å². The third-order valence-electron chi connectivity index (χ3n) is 4.46. The molecule has 1 heterocycles. The summed E-state index contributed by atoms with van der Waals surface area (Å²) in [5.41, 5.74) is 4.16. The van der Waals surface area contributed by atoms with Crippen LogP contribution >= 0.6 is 51.3 Å². The van der Waals surface area contributed by atoms with E-state index in [0.29, 0.717) is 20.5 Å². The van der Waals surface area contributed by atoms with Crippen LogP contribution in [-0.4, -0.2) is 20.0 Å². The van der Waals surface area contributed by atoms with Crippen molar-refractivity contribution >= 4 is 67.4 Å². The predicted octanol–water partition coefficient (Wildman–Crippen LogP) is 5.64. The van der Waals surface area contributed by atoms with Crippen molar-refractivity contribution in [3.8, 4) is 6.07 Å². The lowest BCUT2D eigenvalue weighted by Gasteiger charge is -2.25. The predicted molar refractivity (Wildman–Crippen MR) is 116 cm³/mol. The lowest BCUT2D eigenvalue weighted by Crippen LogP contribution is -2.31. The van der Waals surface area contributed by atoms with Crippen molar-refractivity contribution in [3.05, 3.63) is 55.5 Å². The molecule has 0 spiro atoms. The van der Waals surface area contributed by atoms with Gasteiger partial charge in [-0.25, -0.2) is 0 Å². The van der Waals surface area contributed by atoms with Crippen LogP contribution in [0.4, 0.5) is 13.2 Å². The first-order valence-corrected chi connectivity index (χ1v) is 10.1. The number of hydrogen-bond acceptors (Lipinski definition) is 4. The number of alkyl halides is 3. The fourth-order valence-electron chi connectivity index (χ4n) is 2.94. The van der Waals surface area contributed by atoms with Crippen LogP contribution in [0.5, 0.6) is 0 Å². The molecule has 5 nitrogen and oxygen atoms in total. The summed E-state index contributed by atoms with van der Waals surface area (Å²) in [4.78, 5) is 1.06. The van der Waals surface area contributed by atoms with Crippen LogP contribution in [0.2, 0.25) is 10.0 Å². The molecule has 1 unspecified atom stereocenters. The third-order valence-corrected chi connectivity index (χ3v) is 6.30. The van der Waals surface area contributed by atoms with Crippen LogP contribution in [0.15, 0.2) is 28.7 Å². The fraction of sp³-hybridized carbons (Fsp3) is 0.222. The zero-order chi connectivity index (χ0) is 22.4.